The van der Waals surface area contributed by atoms with Crippen LogP contribution in [0.3, 0.4) is 0 Å². The van der Waals surface area contributed by atoms with Gasteiger partial charge < -0.3 is 5.32 Å². The van der Waals surface area contributed by atoms with Gasteiger partial charge in [-0.05, 0) is 56.9 Å². The fourth-order valence-electron chi connectivity index (χ4n) is 3.13. The van der Waals surface area contributed by atoms with Gasteiger partial charge in [-0.1, -0.05) is 20.8 Å². The van der Waals surface area contributed by atoms with E-state index in [0.717, 1.165) is 32.2 Å². The number of alkyl halides is 3. The summed E-state index contributed by atoms with van der Waals surface area (Å²) in [7, 11) is 0. The Labute approximate surface area is 115 Å². The van der Waals surface area contributed by atoms with E-state index in [1.165, 1.54) is 0 Å². The van der Waals surface area contributed by atoms with Crippen LogP contribution in [0.5, 0.6) is 0 Å². The molecule has 0 aliphatic heterocycles. The first-order chi connectivity index (χ1) is 8.84. The summed E-state index contributed by atoms with van der Waals surface area (Å²) < 4.78 is 38.0. The second-order valence-electron chi connectivity index (χ2n) is 6.34. The molecular formula is C15H28F3N. The van der Waals surface area contributed by atoms with Gasteiger partial charge in [-0.25, -0.2) is 0 Å². The van der Waals surface area contributed by atoms with Crippen molar-refractivity contribution in [2.24, 2.45) is 17.8 Å². The van der Waals surface area contributed by atoms with Gasteiger partial charge in [0.25, 0.3) is 0 Å². The summed E-state index contributed by atoms with van der Waals surface area (Å²) in [6, 6.07) is 0.397. The highest BCUT2D eigenvalue weighted by Crippen LogP contribution is 2.41. The van der Waals surface area contributed by atoms with Crippen molar-refractivity contribution in [2.45, 2.75) is 71.5 Å². The smallest absolute Gasteiger partial charge is 0.314 e. The van der Waals surface area contributed by atoms with Gasteiger partial charge in [0, 0.05) is 6.04 Å². The summed E-state index contributed by atoms with van der Waals surface area (Å²) in [4.78, 5) is 0. The molecule has 0 spiro atoms. The van der Waals surface area contributed by atoms with Crippen molar-refractivity contribution in [1.82, 2.24) is 5.32 Å². The molecule has 114 valence electrons. The van der Waals surface area contributed by atoms with Crippen LogP contribution in [-0.4, -0.2) is 18.8 Å². The van der Waals surface area contributed by atoms with Crippen LogP contribution in [0, 0.1) is 17.8 Å². The van der Waals surface area contributed by atoms with Gasteiger partial charge in [0.1, 0.15) is 0 Å². The molecule has 1 rings (SSSR count). The molecule has 0 radical (unpaired) electrons. The zero-order valence-corrected chi connectivity index (χ0v) is 12.4. The summed E-state index contributed by atoms with van der Waals surface area (Å²) in [5, 5.41) is 3.54. The minimum atomic E-state index is -3.99. The van der Waals surface area contributed by atoms with Gasteiger partial charge in [-0.15, -0.1) is 0 Å². The highest BCUT2D eigenvalue weighted by Gasteiger charge is 2.42. The Morgan fingerprint density at radius 2 is 1.68 bits per heavy atom. The molecule has 0 aromatic rings. The summed E-state index contributed by atoms with van der Waals surface area (Å²) in [5.41, 5.74) is 0. The van der Waals surface area contributed by atoms with Crippen LogP contribution in [0.1, 0.15) is 59.3 Å². The Hall–Kier alpha value is -0.250. The molecule has 1 atom stereocenters. The van der Waals surface area contributed by atoms with E-state index in [2.05, 4.69) is 26.1 Å². The van der Waals surface area contributed by atoms with Gasteiger partial charge >= 0.3 is 6.18 Å². The average molecular weight is 279 g/mol. The normalized spacial score (nSPS) is 26.7. The van der Waals surface area contributed by atoms with Gasteiger partial charge in [-0.2, -0.15) is 13.2 Å². The van der Waals surface area contributed by atoms with Crippen molar-refractivity contribution in [3.05, 3.63) is 0 Å². The molecule has 1 N–H and O–H groups in total. The van der Waals surface area contributed by atoms with Crippen molar-refractivity contribution in [1.29, 1.82) is 0 Å². The summed E-state index contributed by atoms with van der Waals surface area (Å²) in [6.45, 7) is 7.46. The molecule has 0 bridgehead atoms. The number of rotatable bonds is 6. The molecule has 19 heavy (non-hydrogen) atoms. The van der Waals surface area contributed by atoms with Crippen LogP contribution in [-0.2, 0) is 0 Å². The summed E-state index contributed by atoms with van der Waals surface area (Å²) in [6.07, 6.45) is 0.229. The summed E-state index contributed by atoms with van der Waals surface area (Å²) >= 11 is 0. The predicted molar refractivity (Wildman–Crippen MR) is 73.0 cm³/mol. The Morgan fingerprint density at radius 1 is 1.11 bits per heavy atom. The second kappa shape index (κ2) is 7.51. The first-order valence-corrected chi connectivity index (χ1v) is 7.64. The third-order valence-corrected chi connectivity index (χ3v) is 4.19. The number of hydrogen-bond acceptors (Lipinski definition) is 1. The lowest BCUT2D eigenvalue weighted by Gasteiger charge is -2.36. The van der Waals surface area contributed by atoms with Crippen molar-refractivity contribution >= 4 is 0 Å². The second-order valence-corrected chi connectivity index (χ2v) is 6.34. The van der Waals surface area contributed by atoms with Crippen molar-refractivity contribution < 1.29 is 13.2 Å². The van der Waals surface area contributed by atoms with E-state index in [1.807, 2.05) is 0 Å². The Bertz CT molecular complexity index is 242. The van der Waals surface area contributed by atoms with E-state index in [-0.39, 0.29) is 0 Å². The zero-order chi connectivity index (χ0) is 14.5. The predicted octanol–water partition coefficient (Wildman–Crippen LogP) is 4.77. The number of halogens is 3. The maximum absolute atomic E-state index is 12.7. The third kappa shape index (κ3) is 5.72. The quantitative estimate of drug-likeness (QED) is 0.738. The minimum Gasteiger partial charge on any atom is -0.314 e. The highest BCUT2D eigenvalue weighted by molar-refractivity contribution is 4.84. The van der Waals surface area contributed by atoms with Crippen molar-refractivity contribution in [2.75, 3.05) is 6.54 Å². The van der Waals surface area contributed by atoms with Crippen LogP contribution in [0.4, 0.5) is 13.2 Å². The standard InChI is InChI=1S/C15H28F3N/c1-4-9-19-14(10-11(2)3)12-5-7-13(8-6-12)15(16,17)18/h11-14,19H,4-10H2,1-3H3. The van der Waals surface area contributed by atoms with E-state index in [9.17, 15) is 13.2 Å². The number of hydrogen-bond donors (Lipinski definition) is 1. The Kier molecular flexibility index (Phi) is 6.64. The molecule has 0 aromatic heterocycles. The largest absolute Gasteiger partial charge is 0.391 e. The maximum atomic E-state index is 12.7. The molecule has 0 aromatic carbocycles. The SMILES string of the molecule is CCCNC(CC(C)C)C1CCC(C(F)(F)F)CC1. The fraction of sp³-hybridized carbons (Fsp3) is 1.00. The van der Waals surface area contributed by atoms with E-state index in [0.29, 0.717) is 30.7 Å². The van der Waals surface area contributed by atoms with Crippen LogP contribution in [0.2, 0.25) is 0 Å². The van der Waals surface area contributed by atoms with Crippen LogP contribution in [0.25, 0.3) is 0 Å². The zero-order valence-electron chi connectivity index (χ0n) is 12.4. The Morgan fingerprint density at radius 3 is 2.11 bits per heavy atom. The minimum absolute atomic E-state index is 0.316. The molecule has 1 aliphatic rings. The molecule has 1 aliphatic carbocycles. The lowest BCUT2D eigenvalue weighted by Crippen LogP contribution is -2.41. The van der Waals surface area contributed by atoms with E-state index in [4.69, 9.17) is 0 Å². The van der Waals surface area contributed by atoms with Crippen molar-refractivity contribution in [3.8, 4) is 0 Å². The van der Waals surface area contributed by atoms with Crippen LogP contribution in [0.15, 0.2) is 0 Å². The van der Waals surface area contributed by atoms with E-state index < -0.39 is 12.1 Å². The first kappa shape index (κ1) is 16.8. The average Bonchev–Trinajstić information content (AvgIpc) is 2.33. The van der Waals surface area contributed by atoms with Gasteiger partial charge in [0.15, 0.2) is 0 Å². The molecule has 1 unspecified atom stereocenters. The molecule has 0 heterocycles. The molecule has 1 saturated carbocycles. The lowest BCUT2D eigenvalue weighted by molar-refractivity contribution is -0.184. The molecule has 0 amide bonds. The molecule has 1 fully saturated rings. The van der Waals surface area contributed by atoms with Gasteiger partial charge in [0.05, 0.1) is 5.92 Å². The molecule has 4 heteroatoms. The monoisotopic (exact) mass is 279 g/mol. The first-order valence-electron chi connectivity index (χ1n) is 7.64. The Balaban J connectivity index is 2.48. The molecule has 0 saturated heterocycles. The molecule has 1 nitrogen and oxygen atoms in total. The maximum Gasteiger partial charge on any atom is 0.391 e. The highest BCUT2D eigenvalue weighted by atomic mass is 19.4. The summed E-state index contributed by atoms with van der Waals surface area (Å²) in [5.74, 6) is -0.0446. The molecular weight excluding hydrogens is 251 g/mol. The topological polar surface area (TPSA) is 12.0 Å². The lowest BCUT2D eigenvalue weighted by atomic mass is 9.76. The van der Waals surface area contributed by atoms with E-state index >= 15 is 0 Å². The third-order valence-electron chi connectivity index (χ3n) is 4.19. The van der Waals surface area contributed by atoms with Gasteiger partial charge in [0.2, 0.25) is 0 Å². The van der Waals surface area contributed by atoms with Gasteiger partial charge in [-0.3, -0.25) is 0 Å². The van der Waals surface area contributed by atoms with E-state index in [1.54, 1.807) is 0 Å². The van der Waals surface area contributed by atoms with Crippen LogP contribution >= 0.6 is 0 Å². The van der Waals surface area contributed by atoms with Crippen molar-refractivity contribution in [3.63, 3.8) is 0 Å². The van der Waals surface area contributed by atoms with Crippen LogP contribution < -0.4 is 5.32 Å². The fourth-order valence-corrected chi connectivity index (χ4v) is 3.13. The number of nitrogens with one attached hydrogen (secondary N) is 1.